The monoisotopic (exact) mass is 367 g/mol. The summed E-state index contributed by atoms with van der Waals surface area (Å²) in [6, 6.07) is 10.8. The van der Waals surface area contributed by atoms with Gasteiger partial charge < -0.3 is 9.42 Å². The van der Waals surface area contributed by atoms with E-state index in [1.54, 1.807) is 12.3 Å². The van der Waals surface area contributed by atoms with E-state index in [0.717, 1.165) is 30.8 Å². The van der Waals surface area contributed by atoms with Crippen LogP contribution in [0.2, 0.25) is 0 Å². The van der Waals surface area contributed by atoms with Gasteiger partial charge in [-0.3, -0.25) is 4.90 Å². The molecule has 140 valence electrons. The molecule has 0 radical (unpaired) electrons. The molecule has 0 amide bonds. The van der Waals surface area contributed by atoms with E-state index in [9.17, 15) is 4.39 Å². The largest absolute Gasteiger partial charge is 0.363 e. The number of anilines is 1. The molecular weight excluding hydrogens is 345 g/mol. The van der Waals surface area contributed by atoms with E-state index in [0.29, 0.717) is 23.8 Å². The van der Waals surface area contributed by atoms with E-state index in [4.69, 9.17) is 4.52 Å². The van der Waals surface area contributed by atoms with Gasteiger partial charge in [-0.25, -0.2) is 9.37 Å². The molecule has 1 aliphatic heterocycles. The number of likely N-dealkylation sites (tertiary alicyclic amines) is 1. The van der Waals surface area contributed by atoms with E-state index in [1.807, 2.05) is 43.3 Å². The van der Waals surface area contributed by atoms with E-state index in [2.05, 4.69) is 20.0 Å². The third-order valence-corrected chi connectivity index (χ3v) is 4.89. The van der Waals surface area contributed by atoms with Gasteiger partial charge in [0.25, 0.3) is 0 Å². The summed E-state index contributed by atoms with van der Waals surface area (Å²) in [7, 11) is 3.89. The van der Waals surface area contributed by atoms with Crippen LogP contribution in [0.25, 0.3) is 11.4 Å². The van der Waals surface area contributed by atoms with Crippen molar-refractivity contribution in [3.63, 3.8) is 0 Å². The van der Waals surface area contributed by atoms with Gasteiger partial charge in [-0.15, -0.1) is 0 Å². The van der Waals surface area contributed by atoms with Gasteiger partial charge in [-0.2, -0.15) is 4.98 Å². The Morgan fingerprint density at radius 3 is 2.81 bits per heavy atom. The maximum Gasteiger partial charge on any atom is 0.244 e. The van der Waals surface area contributed by atoms with Crippen LogP contribution in [-0.2, 0) is 6.54 Å². The summed E-state index contributed by atoms with van der Waals surface area (Å²) in [5.74, 6) is 1.80. The van der Waals surface area contributed by atoms with Crippen LogP contribution in [0.4, 0.5) is 10.2 Å². The van der Waals surface area contributed by atoms with Crippen molar-refractivity contribution in [1.29, 1.82) is 0 Å². The predicted octanol–water partition coefficient (Wildman–Crippen LogP) is 3.67. The zero-order chi connectivity index (χ0) is 18.8. The molecule has 3 aromatic rings. The highest BCUT2D eigenvalue weighted by molar-refractivity contribution is 5.55. The van der Waals surface area contributed by atoms with Crippen molar-refractivity contribution in [3.05, 3.63) is 59.9 Å². The van der Waals surface area contributed by atoms with Crippen LogP contribution in [0.3, 0.4) is 0 Å². The molecule has 6 nitrogen and oxygen atoms in total. The Hall–Kier alpha value is -2.80. The van der Waals surface area contributed by atoms with Gasteiger partial charge in [0.15, 0.2) is 0 Å². The van der Waals surface area contributed by atoms with Crippen molar-refractivity contribution < 1.29 is 8.91 Å². The first kappa shape index (κ1) is 17.6. The average Bonchev–Trinajstić information content (AvgIpc) is 3.33. The Kier molecular flexibility index (Phi) is 4.85. The van der Waals surface area contributed by atoms with E-state index < -0.39 is 0 Å². The molecule has 7 heteroatoms. The molecule has 4 rings (SSSR count). The van der Waals surface area contributed by atoms with Gasteiger partial charge in [0.1, 0.15) is 11.6 Å². The quantitative estimate of drug-likeness (QED) is 0.686. The first-order chi connectivity index (χ1) is 13.1. The summed E-state index contributed by atoms with van der Waals surface area (Å²) >= 11 is 0. The fraction of sp³-hybridized carbons (Fsp3) is 0.350. The van der Waals surface area contributed by atoms with Crippen LogP contribution in [-0.4, -0.2) is 40.7 Å². The lowest BCUT2D eigenvalue weighted by molar-refractivity contribution is 0.199. The third-order valence-electron chi connectivity index (χ3n) is 4.89. The van der Waals surface area contributed by atoms with E-state index >= 15 is 0 Å². The lowest BCUT2D eigenvalue weighted by atomic mass is 10.1. The van der Waals surface area contributed by atoms with Crippen LogP contribution in [0.15, 0.2) is 47.1 Å². The van der Waals surface area contributed by atoms with E-state index in [-0.39, 0.29) is 11.9 Å². The van der Waals surface area contributed by atoms with Crippen LogP contribution >= 0.6 is 0 Å². The molecular formula is C20H22FN5O. The van der Waals surface area contributed by atoms with Crippen molar-refractivity contribution in [1.82, 2.24) is 20.0 Å². The first-order valence-corrected chi connectivity index (χ1v) is 9.06. The zero-order valence-electron chi connectivity index (χ0n) is 15.5. The van der Waals surface area contributed by atoms with Gasteiger partial charge in [0.05, 0.1) is 6.04 Å². The second kappa shape index (κ2) is 7.44. The molecule has 2 aromatic heterocycles. The number of hydrogen-bond donors (Lipinski definition) is 0. The van der Waals surface area contributed by atoms with Crippen molar-refractivity contribution in [3.8, 4) is 11.4 Å². The highest BCUT2D eigenvalue weighted by atomic mass is 19.1. The van der Waals surface area contributed by atoms with Gasteiger partial charge in [-0.05, 0) is 37.6 Å². The number of aromatic nitrogens is 3. The summed E-state index contributed by atoms with van der Waals surface area (Å²) < 4.78 is 19.5. The Labute approximate surface area is 157 Å². The molecule has 0 unspecified atom stereocenters. The first-order valence-electron chi connectivity index (χ1n) is 9.06. The lowest BCUT2D eigenvalue weighted by Gasteiger charge is -2.21. The number of halogens is 1. The third kappa shape index (κ3) is 3.68. The molecule has 1 fully saturated rings. The fourth-order valence-corrected chi connectivity index (χ4v) is 3.41. The van der Waals surface area contributed by atoms with E-state index in [1.165, 1.54) is 6.07 Å². The topological polar surface area (TPSA) is 58.3 Å². The van der Waals surface area contributed by atoms with Crippen molar-refractivity contribution in [2.45, 2.75) is 25.4 Å². The maximum atomic E-state index is 14.0. The predicted molar refractivity (Wildman–Crippen MR) is 101 cm³/mol. The summed E-state index contributed by atoms with van der Waals surface area (Å²) in [5, 5.41) is 4.12. The summed E-state index contributed by atoms with van der Waals surface area (Å²) in [6.07, 6.45) is 3.69. The van der Waals surface area contributed by atoms with Crippen LogP contribution in [0.5, 0.6) is 0 Å². The number of hydrogen-bond acceptors (Lipinski definition) is 6. The van der Waals surface area contributed by atoms with Crippen molar-refractivity contribution in [2.24, 2.45) is 0 Å². The summed E-state index contributed by atoms with van der Waals surface area (Å²) in [6.45, 7) is 1.42. The molecule has 0 N–H and O–H groups in total. The molecule has 0 bridgehead atoms. The SMILES string of the molecule is CN(C)c1ccc(-c2noc([C@@H]3CCCN3Cc3ccccc3F)n2)cn1. The normalized spacial score (nSPS) is 17.4. The zero-order valence-corrected chi connectivity index (χ0v) is 15.5. The Morgan fingerprint density at radius 2 is 2.07 bits per heavy atom. The Morgan fingerprint density at radius 1 is 1.22 bits per heavy atom. The molecule has 1 aromatic carbocycles. The number of nitrogens with zero attached hydrogens (tertiary/aromatic N) is 5. The number of benzene rings is 1. The molecule has 0 spiro atoms. The fourth-order valence-electron chi connectivity index (χ4n) is 3.41. The molecule has 0 aliphatic carbocycles. The molecule has 1 aliphatic rings. The Balaban J connectivity index is 1.52. The lowest BCUT2D eigenvalue weighted by Crippen LogP contribution is -2.23. The molecule has 0 saturated carbocycles. The summed E-state index contributed by atoms with van der Waals surface area (Å²) in [5.41, 5.74) is 1.50. The van der Waals surface area contributed by atoms with Crippen LogP contribution < -0.4 is 4.90 Å². The van der Waals surface area contributed by atoms with Crippen LogP contribution in [0.1, 0.15) is 30.3 Å². The van der Waals surface area contributed by atoms with Crippen LogP contribution in [0, 0.1) is 5.82 Å². The minimum Gasteiger partial charge on any atom is -0.363 e. The molecule has 1 atom stereocenters. The highest BCUT2D eigenvalue weighted by Gasteiger charge is 2.31. The maximum absolute atomic E-state index is 14.0. The Bertz CT molecular complexity index is 909. The second-order valence-corrected chi connectivity index (χ2v) is 6.98. The van der Waals surface area contributed by atoms with Gasteiger partial charge in [-0.1, -0.05) is 23.4 Å². The molecule has 1 saturated heterocycles. The minimum atomic E-state index is -0.179. The minimum absolute atomic E-state index is 0.0138. The van der Waals surface area contributed by atoms with Gasteiger partial charge in [0.2, 0.25) is 11.7 Å². The number of rotatable bonds is 5. The highest BCUT2D eigenvalue weighted by Crippen LogP contribution is 2.33. The summed E-state index contributed by atoms with van der Waals surface area (Å²) in [4.78, 5) is 13.1. The van der Waals surface area contributed by atoms with Crippen molar-refractivity contribution in [2.75, 3.05) is 25.5 Å². The second-order valence-electron chi connectivity index (χ2n) is 6.98. The van der Waals surface area contributed by atoms with Gasteiger partial charge >= 0.3 is 0 Å². The van der Waals surface area contributed by atoms with Crippen molar-refractivity contribution >= 4 is 5.82 Å². The smallest absolute Gasteiger partial charge is 0.244 e. The molecule has 3 heterocycles. The van der Waals surface area contributed by atoms with Gasteiger partial charge in [0, 0.05) is 38.0 Å². The average molecular weight is 367 g/mol. The molecule has 27 heavy (non-hydrogen) atoms. The number of pyridine rings is 1. The standard InChI is InChI=1S/C20H22FN5O/c1-25(2)18-10-9-14(12-22-18)19-23-20(27-24-19)17-8-5-11-26(17)13-15-6-3-4-7-16(15)21/h3-4,6-7,9-10,12,17H,5,8,11,13H2,1-2H3/t17-/m0/s1.